The van der Waals surface area contributed by atoms with E-state index in [4.69, 9.17) is 15.9 Å². The van der Waals surface area contributed by atoms with Gasteiger partial charge in [0, 0.05) is 6.42 Å². The molecule has 0 bridgehead atoms. The predicted octanol–water partition coefficient (Wildman–Crippen LogP) is 0.355. The second kappa shape index (κ2) is 14.9. The number of carboxylic acid groups (broad SMARTS) is 2. The van der Waals surface area contributed by atoms with Crippen LogP contribution >= 0.6 is 0 Å². The van der Waals surface area contributed by atoms with E-state index in [2.05, 4.69) is 9.47 Å². The molecule has 0 aliphatic carbocycles. The lowest BCUT2D eigenvalue weighted by atomic mass is 10.1. The number of aliphatic hydroxyl groups excluding tert-OH is 2. The molecular formula is C25H27NO12. The standard InChI is InChI=1S/C20H18O8.C5H9NO4/c1-11-3-7-13(8-4-11)17(23)27-19(25)15(21)16(22)20(26)28-18(24)14-9-5-12(2)6-10-14;6-3(5(9)10)1-2-4(7)8/h3-10,15-16,21-22H,1-2H3;3H,1-2,6H2,(H,7,8)(H,9,10)/t15-,16-;3-/m01/s1. The van der Waals surface area contributed by atoms with Gasteiger partial charge in [0.15, 0.2) is 12.2 Å². The Bertz CT molecular complexity index is 1080. The van der Waals surface area contributed by atoms with Crippen LogP contribution in [0.2, 0.25) is 0 Å². The molecule has 0 saturated heterocycles. The van der Waals surface area contributed by atoms with Gasteiger partial charge in [-0.15, -0.1) is 0 Å². The number of aryl methyl sites for hydroxylation is 2. The molecule has 0 aromatic heterocycles. The molecule has 204 valence electrons. The zero-order valence-electron chi connectivity index (χ0n) is 20.4. The number of carbonyl (C=O) groups excluding carboxylic acids is 4. The van der Waals surface area contributed by atoms with Crippen LogP contribution in [0.4, 0.5) is 0 Å². The molecular weight excluding hydrogens is 506 g/mol. The molecule has 13 heteroatoms. The minimum Gasteiger partial charge on any atom is -0.481 e. The van der Waals surface area contributed by atoms with Gasteiger partial charge in [0.05, 0.1) is 11.1 Å². The molecule has 0 spiro atoms. The second-order valence-corrected chi connectivity index (χ2v) is 7.92. The molecule has 0 unspecified atom stereocenters. The Morgan fingerprint density at radius 3 is 1.34 bits per heavy atom. The van der Waals surface area contributed by atoms with Gasteiger partial charge < -0.3 is 35.6 Å². The number of hydrogen-bond donors (Lipinski definition) is 5. The number of rotatable bonds is 9. The normalized spacial score (nSPS) is 12.6. The van der Waals surface area contributed by atoms with E-state index in [1.165, 1.54) is 24.3 Å². The van der Waals surface area contributed by atoms with Gasteiger partial charge in [0.2, 0.25) is 0 Å². The zero-order chi connectivity index (χ0) is 29.0. The van der Waals surface area contributed by atoms with Gasteiger partial charge in [0.25, 0.3) is 0 Å². The van der Waals surface area contributed by atoms with Crippen LogP contribution in [0.3, 0.4) is 0 Å². The van der Waals surface area contributed by atoms with Gasteiger partial charge in [0.1, 0.15) is 6.04 Å². The molecule has 0 aliphatic heterocycles. The highest BCUT2D eigenvalue weighted by Crippen LogP contribution is 2.09. The number of esters is 4. The zero-order valence-corrected chi connectivity index (χ0v) is 20.4. The van der Waals surface area contributed by atoms with Crippen molar-refractivity contribution in [2.24, 2.45) is 5.73 Å². The van der Waals surface area contributed by atoms with Gasteiger partial charge in [-0.3, -0.25) is 9.59 Å². The molecule has 0 heterocycles. The van der Waals surface area contributed by atoms with Crippen LogP contribution in [-0.2, 0) is 28.7 Å². The third-order valence-electron chi connectivity index (χ3n) is 4.73. The van der Waals surface area contributed by atoms with Crippen molar-refractivity contribution in [3.05, 3.63) is 70.8 Å². The molecule has 3 atom stereocenters. The Morgan fingerprint density at radius 1 is 0.711 bits per heavy atom. The first kappa shape index (κ1) is 31.6. The topological polar surface area (TPSA) is 228 Å². The molecule has 2 aromatic carbocycles. The van der Waals surface area contributed by atoms with Crippen molar-refractivity contribution in [3.63, 3.8) is 0 Å². The van der Waals surface area contributed by atoms with Crippen LogP contribution in [0.5, 0.6) is 0 Å². The highest BCUT2D eigenvalue weighted by Gasteiger charge is 2.35. The average Bonchev–Trinajstić information content (AvgIpc) is 2.87. The lowest BCUT2D eigenvalue weighted by Gasteiger charge is -2.14. The summed E-state index contributed by atoms with van der Waals surface area (Å²) in [6.45, 7) is 3.59. The first-order chi connectivity index (χ1) is 17.7. The molecule has 38 heavy (non-hydrogen) atoms. The van der Waals surface area contributed by atoms with Crippen LogP contribution < -0.4 is 5.73 Å². The molecule has 0 amide bonds. The number of ether oxygens (including phenoxy) is 2. The predicted molar refractivity (Wildman–Crippen MR) is 128 cm³/mol. The van der Waals surface area contributed by atoms with Gasteiger partial charge in [-0.2, -0.15) is 0 Å². The summed E-state index contributed by atoms with van der Waals surface area (Å²) in [4.78, 5) is 67.1. The van der Waals surface area contributed by atoms with E-state index in [1.54, 1.807) is 38.1 Å². The van der Waals surface area contributed by atoms with E-state index in [1.807, 2.05) is 0 Å². The van der Waals surface area contributed by atoms with Crippen molar-refractivity contribution in [1.82, 2.24) is 0 Å². The third kappa shape index (κ3) is 10.7. The monoisotopic (exact) mass is 533 g/mol. The number of carbonyl (C=O) groups is 6. The Hall–Kier alpha value is -4.46. The van der Waals surface area contributed by atoms with E-state index in [9.17, 15) is 39.0 Å². The summed E-state index contributed by atoms with van der Waals surface area (Å²) in [5.41, 5.74) is 6.83. The summed E-state index contributed by atoms with van der Waals surface area (Å²) in [6, 6.07) is 11.0. The van der Waals surface area contributed by atoms with Gasteiger partial charge in [-0.05, 0) is 44.5 Å². The highest BCUT2D eigenvalue weighted by atomic mass is 16.6. The fourth-order valence-corrected chi connectivity index (χ4v) is 2.46. The van der Waals surface area contributed by atoms with E-state index >= 15 is 0 Å². The Kier molecular flexibility index (Phi) is 12.4. The van der Waals surface area contributed by atoms with Crippen molar-refractivity contribution >= 4 is 35.8 Å². The number of aliphatic carboxylic acids is 2. The Morgan fingerprint density at radius 2 is 1.05 bits per heavy atom. The summed E-state index contributed by atoms with van der Waals surface area (Å²) in [5.74, 6) is -7.45. The number of aliphatic hydroxyl groups is 2. The summed E-state index contributed by atoms with van der Waals surface area (Å²) in [7, 11) is 0. The summed E-state index contributed by atoms with van der Waals surface area (Å²) < 4.78 is 8.86. The smallest absolute Gasteiger partial charge is 0.346 e. The van der Waals surface area contributed by atoms with Crippen LogP contribution in [-0.4, -0.2) is 74.5 Å². The van der Waals surface area contributed by atoms with Crippen LogP contribution in [0.25, 0.3) is 0 Å². The lowest BCUT2D eigenvalue weighted by Crippen LogP contribution is -2.43. The fraction of sp³-hybridized carbons (Fsp3) is 0.280. The van der Waals surface area contributed by atoms with Crippen molar-refractivity contribution < 1.29 is 58.7 Å². The van der Waals surface area contributed by atoms with Gasteiger partial charge >= 0.3 is 35.8 Å². The van der Waals surface area contributed by atoms with Crippen LogP contribution in [0.15, 0.2) is 48.5 Å². The quantitative estimate of drug-likeness (QED) is 0.217. The summed E-state index contributed by atoms with van der Waals surface area (Å²) in [6.07, 6.45) is -5.04. The van der Waals surface area contributed by atoms with Gasteiger partial charge in [-0.1, -0.05) is 35.4 Å². The molecule has 0 aliphatic rings. The minimum atomic E-state index is -2.41. The summed E-state index contributed by atoms with van der Waals surface area (Å²) in [5, 5.41) is 35.7. The maximum Gasteiger partial charge on any atom is 0.346 e. The number of hydrogen-bond acceptors (Lipinski definition) is 11. The number of carboxylic acids is 2. The largest absolute Gasteiger partial charge is 0.481 e. The maximum absolute atomic E-state index is 11.8. The van der Waals surface area contributed by atoms with E-state index in [0.29, 0.717) is 0 Å². The first-order valence-electron chi connectivity index (χ1n) is 10.9. The lowest BCUT2D eigenvalue weighted by molar-refractivity contribution is -0.166. The molecule has 0 radical (unpaired) electrons. The molecule has 13 nitrogen and oxygen atoms in total. The van der Waals surface area contributed by atoms with Crippen molar-refractivity contribution in [2.45, 2.75) is 44.9 Å². The Labute approximate surface area is 216 Å². The third-order valence-corrected chi connectivity index (χ3v) is 4.73. The molecule has 6 N–H and O–H groups in total. The van der Waals surface area contributed by atoms with E-state index in [-0.39, 0.29) is 24.0 Å². The van der Waals surface area contributed by atoms with Crippen molar-refractivity contribution in [3.8, 4) is 0 Å². The maximum atomic E-state index is 11.8. The first-order valence-corrected chi connectivity index (χ1v) is 10.9. The van der Waals surface area contributed by atoms with Crippen LogP contribution in [0, 0.1) is 13.8 Å². The van der Waals surface area contributed by atoms with Crippen molar-refractivity contribution in [2.75, 3.05) is 0 Å². The SMILES string of the molecule is Cc1ccc(C(=O)OC(=O)[C@@H](O)[C@H](O)C(=O)OC(=O)c2ccc(C)cc2)cc1.N[C@H](CCC(=O)O)C(=O)O. The summed E-state index contributed by atoms with van der Waals surface area (Å²) >= 11 is 0. The van der Waals surface area contributed by atoms with E-state index < -0.39 is 54.1 Å². The Balaban J connectivity index is 0.000000612. The highest BCUT2D eigenvalue weighted by molar-refractivity contribution is 6.01. The van der Waals surface area contributed by atoms with Crippen molar-refractivity contribution in [1.29, 1.82) is 0 Å². The average molecular weight is 533 g/mol. The molecule has 0 saturated carbocycles. The number of nitrogens with two attached hydrogens (primary N) is 1. The van der Waals surface area contributed by atoms with Gasteiger partial charge in [-0.25, -0.2) is 19.2 Å². The minimum absolute atomic E-state index is 0.0231. The molecule has 0 fully saturated rings. The van der Waals surface area contributed by atoms with Crippen LogP contribution in [0.1, 0.15) is 44.7 Å². The van der Waals surface area contributed by atoms with E-state index in [0.717, 1.165) is 11.1 Å². The second-order valence-electron chi connectivity index (χ2n) is 7.92. The number of benzene rings is 2. The molecule has 2 rings (SSSR count). The molecule has 2 aromatic rings. The fourth-order valence-electron chi connectivity index (χ4n) is 2.46.